The number of hydrogen-bond acceptors (Lipinski definition) is 4. The summed E-state index contributed by atoms with van der Waals surface area (Å²) in [5.74, 6) is 2.18. The Labute approximate surface area is 164 Å². The van der Waals surface area contributed by atoms with Crippen molar-refractivity contribution in [3.8, 4) is 23.0 Å². The topological polar surface area (TPSA) is 56.8 Å². The first kappa shape index (κ1) is 19.3. The van der Waals surface area contributed by atoms with E-state index in [2.05, 4.69) is 5.32 Å². The number of benzene rings is 3. The molecule has 3 aromatic rings. The summed E-state index contributed by atoms with van der Waals surface area (Å²) >= 11 is 0. The van der Waals surface area contributed by atoms with E-state index in [4.69, 9.17) is 14.2 Å². The van der Waals surface area contributed by atoms with Crippen LogP contribution in [-0.2, 0) is 0 Å². The second-order valence-electron chi connectivity index (χ2n) is 5.89. The summed E-state index contributed by atoms with van der Waals surface area (Å²) in [5.41, 5.74) is 1.06. The van der Waals surface area contributed by atoms with Crippen LogP contribution in [0.15, 0.2) is 72.8 Å². The molecular formula is C23H23NO4. The Morgan fingerprint density at radius 2 is 1.46 bits per heavy atom. The van der Waals surface area contributed by atoms with Crippen LogP contribution in [0, 0.1) is 0 Å². The minimum absolute atomic E-state index is 0.256. The Morgan fingerprint density at radius 1 is 0.786 bits per heavy atom. The van der Waals surface area contributed by atoms with Crippen molar-refractivity contribution >= 4 is 11.6 Å². The number of para-hydroxylation sites is 3. The molecule has 0 atom stereocenters. The predicted octanol–water partition coefficient (Wildman–Crippen LogP) is 5.53. The van der Waals surface area contributed by atoms with Gasteiger partial charge in [-0.25, -0.2) is 0 Å². The quantitative estimate of drug-likeness (QED) is 0.561. The molecule has 0 saturated carbocycles. The molecule has 0 spiro atoms. The maximum atomic E-state index is 12.8. The van der Waals surface area contributed by atoms with Crippen molar-refractivity contribution in [2.45, 2.75) is 13.8 Å². The predicted molar refractivity (Wildman–Crippen MR) is 110 cm³/mol. The van der Waals surface area contributed by atoms with Gasteiger partial charge in [0.05, 0.1) is 18.9 Å². The van der Waals surface area contributed by atoms with Crippen LogP contribution in [-0.4, -0.2) is 19.1 Å². The number of nitrogens with one attached hydrogen (secondary N) is 1. The monoisotopic (exact) mass is 377 g/mol. The van der Waals surface area contributed by atoms with Gasteiger partial charge in [-0.05, 0) is 56.3 Å². The maximum absolute atomic E-state index is 12.8. The van der Waals surface area contributed by atoms with E-state index in [9.17, 15) is 4.79 Å². The molecule has 0 fully saturated rings. The zero-order valence-electron chi connectivity index (χ0n) is 16.0. The molecule has 3 rings (SSSR count). The van der Waals surface area contributed by atoms with E-state index in [0.29, 0.717) is 47.5 Å². The maximum Gasteiger partial charge on any atom is 0.255 e. The van der Waals surface area contributed by atoms with Gasteiger partial charge in [-0.2, -0.15) is 0 Å². The lowest BCUT2D eigenvalue weighted by molar-refractivity contribution is 0.102. The van der Waals surface area contributed by atoms with Crippen LogP contribution < -0.4 is 19.5 Å². The number of carbonyl (C=O) groups excluding carboxylic acids is 1. The Morgan fingerprint density at radius 3 is 2.21 bits per heavy atom. The zero-order valence-corrected chi connectivity index (χ0v) is 16.0. The van der Waals surface area contributed by atoms with Gasteiger partial charge in [0.25, 0.3) is 5.91 Å². The van der Waals surface area contributed by atoms with Gasteiger partial charge in [0.2, 0.25) is 0 Å². The average molecular weight is 377 g/mol. The Hall–Kier alpha value is -3.47. The van der Waals surface area contributed by atoms with Crippen LogP contribution >= 0.6 is 0 Å². The highest BCUT2D eigenvalue weighted by atomic mass is 16.5. The normalized spacial score (nSPS) is 10.2. The largest absolute Gasteiger partial charge is 0.490 e. The standard InChI is InChI=1S/C23H23NO4/c1-3-26-21-15-14-17(16-22(21)27-4-2)23(25)24-19-12-8-9-13-20(19)28-18-10-6-5-7-11-18/h5-16H,3-4H2,1-2H3,(H,24,25). The lowest BCUT2D eigenvalue weighted by Crippen LogP contribution is -2.13. The Kier molecular flexibility index (Phi) is 6.52. The van der Waals surface area contributed by atoms with E-state index in [1.54, 1.807) is 24.3 Å². The number of hydrogen-bond donors (Lipinski definition) is 1. The first-order valence-corrected chi connectivity index (χ1v) is 9.24. The number of carbonyl (C=O) groups is 1. The highest BCUT2D eigenvalue weighted by Gasteiger charge is 2.14. The van der Waals surface area contributed by atoms with Gasteiger partial charge in [-0.1, -0.05) is 30.3 Å². The van der Waals surface area contributed by atoms with Gasteiger partial charge in [-0.3, -0.25) is 4.79 Å². The van der Waals surface area contributed by atoms with Crippen molar-refractivity contribution in [3.05, 3.63) is 78.4 Å². The van der Waals surface area contributed by atoms with Gasteiger partial charge < -0.3 is 19.5 Å². The molecule has 144 valence electrons. The van der Waals surface area contributed by atoms with Crippen LogP contribution in [0.25, 0.3) is 0 Å². The summed E-state index contributed by atoms with van der Waals surface area (Å²) in [7, 11) is 0. The van der Waals surface area contributed by atoms with Crippen molar-refractivity contribution in [2.24, 2.45) is 0 Å². The van der Waals surface area contributed by atoms with E-state index in [0.717, 1.165) is 0 Å². The molecule has 3 aromatic carbocycles. The minimum atomic E-state index is -0.256. The summed E-state index contributed by atoms with van der Waals surface area (Å²) in [4.78, 5) is 12.8. The molecule has 1 amide bonds. The molecule has 0 bridgehead atoms. The van der Waals surface area contributed by atoms with E-state index >= 15 is 0 Å². The first-order chi connectivity index (χ1) is 13.7. The van der Waals surface area contributed by atoms with Crippen LogP contribution in [0.4, 0.5) is 5.69 Å². The fourth-order valence-corrected chi connectivity index (χ4v) is 2.66. The summed E-state index contributed by atoms with van der Waals surface area (Å²) < 4.78 is 17.1. The van der Waals surface area contributed by atoms with Gasteiger partial charge in [-0.15, -0.1) is 0 Å². The molecule has 0 aliphatic rings. The summed E-state index contributed by atoms with van der Waals surface area (Å²) in [5, 5.41) is 2.91. The Balaban J connectivity index is 1.80. The molecule has 0 aliphatic heterocycles. The second kappa shape index (κ2) is 9.46. The third-order valence-corrected chi connectivity index (χ3v) is 3.91. The molecule has 28 heavy (non-hydrogen) atoms. The summed E-state index contributed by atoms with van der Waals surface area (Å²) in [6.07, 6.45) is 0. The van der Waals surface area contributed by atoms with Crippen LogP contribution in [0.2, 0.25) is 0 Å². The molecule has 5 heteroatoms. The highest BCUT2D eigenvalue weighted by Crippen LogP contribution is 2.31. The fourth-order valence-electron chi connectivity index (χ4n) is 2.66. The SMILES string of the molecule is CCOc1ccc(C(=O)Nc2ccccc2Oc2ccccc2)cc1OCC. The van der Waals surface area contributed by atoms with Gasteiger partial charge in [0.15, 0.2) is 17.2 Å². The van der Waals surface area contributed by atoms with Crippen molar-refractivity contribution < 1.29 is 19.0 Å². The van der Waals surface area contributed by atoms with E-state index < -0.39 is 0 Å². The first-order valence-electron chi connectivity index (χ1n) is 9.24. The molecular weight excluding hydrogens is 354 g/mol. The molecule has 1 N–H and O–H groups in total. The Bertz CT molecular complexity index is 925. The van der Waals surface area contributed by atoms with E-state index in [1.807, 2.05) is 62.4 Å². The van der Waals surface area contributed by atoms with Gasteiger partial charge >= 0.3 is 0 Å². The molecule has 5 nitrogen and oxygen atoms in total. The second-order valence-corrected chi connectivity index (χ2v) is 5.89. The summed E-state index contributed by atoms with van der Waals surface area (Å²) in [6, 6.07) is 21.9. The molecule has 0 heterocycles. The number of ether oxygens (including phenoxy) is 3. The lowest BCUT2D eigenvalue weighted by atomic mass is 10.1. The third-order valence-electron chi connectivity index (χ3n) is 3.91. The lowest BCUT2D eigenvalue weighted by Gasteiger charge is -2.14. The molecule has 0 unspecified atom stereocenters. The molecule has 0 saturated heterocycles. The number of anilines is 1. The van der Waals surface area contributed by atoms with Crippen molar-refractivity contribution in [3.63, 3.8) is 0 Å². The van der Waals surface area contributed by atoms with Crippen LogP contribution in [0.1, 0.15) is 24.2 Å². The molecule has 0 aliphatic carbocycles. The smallest absolute Gasteiger partial charge is 0.255 e. The third kappa shape index (κ3) is 4.82. The van der Waals surface area contributed by atoms with Gasteiger partial charge in [0.1, 0.15) is 5.75 Å². The highest BCUT2D eigenvalue weighted by molar-refractivity contribution is 6.05. The number of amides is 1. The average Bonchev–Trinajstić information content (AvgIpc) is 2.72. The number of rotatable bonds is 8. The minimum Gasteiger partial charge on any atom is -0.490 e. The molecule has 0 radical (unpaired) electrons. The van der Waals surface area contributed by atoms with E-state index in [-0.39, 0.29) is 5.91 Å². The van der Waals surface area contributed by atoms with Crippen molar-refractivity contribution in [1.29, 1.82) is 0 Å². The van der Waals surface area contributed by atoms with Crippen LogP contribution in [0.3, 0.4) is 0 Å². The molecule has 0 aromatic heterocycles. The van der Waals surface area contributed by atoms with Crippen LogP contribution in [0.5, 0.6) is 23.0 Å². The summed E-state index contributed by atoms with van der Waals surface area (Å²) in [6.45, 7) is 4.80. The zero-order chi connectivity index (χ0) is 19.8. The fraction of sp³-hybridized carbons (Fsp3) is 0.174. The van der Waals surface area contributed by atoms with E-state index in [1.165, 1.54) is 0 Å². The van der Waals surface area contributed by atoms with Crippen molar-refractivity contribution in [2.75, 3.05) is 18.5 Å². The van der Waals surface area contributed by atoms with Crippen molar-refractivity contribution in [1.82, 2.24) is 0 Å². The van der Waals surface area contributed by atoms with Gasteiger partial charge in [0, 0.05) is 5.56 Å².